The van der Waals surface area contributed by atoms with Crippen LogP contribution >= 0.6 is 0 Å². The molecule has 1 aromatic rings. The molecule has 1 aromatic carbocycles. The molecule has 0 amide bonds. The molecule has 1 atom stereocenters. The zero-order valence-corrected chi connectivity index (χ0v) is 11.8. The highest BCUT2D eigenvalue weighted by molar-refractivity contribution is 5.53. The van der Waals surface area contributed by atoms with Crippen molar-refractivity contribution in [3.63, 3.8) is 0 Å². The summed E-state index contributed by atoms with van der Waals surface area (Å²) in [6, 6.07) is 7.86. The normalized spacial score (nSPS) is 23.1. The number of benzene rings is 1. The molecule has 3 N–H and O–H groups in total. The van der Waals surface area contributed by atoms with Crippen molar-refractivity contribution in [3.05, 3.63) is 24.3 Å². The molecule has 0 radical (unpaired) electrons. The third kappa shape index (κ3) is 3.77. The number of aliphatic hydroxyl groups is 1. The second kappa shape index (κ2) is 5.78. The quantitative estimate of drug-likeness (QED) is 0.440. The maximum absolute atomic E-state index is 10.0. The van der Waals surface area contributed by atoms with Crippen molar-refractivity contribution in [3.8, 4) is 0 Å². The average Bonchev–Trinajstić information content (AvgIpc) is 2.37. The van der Waals surface area contributed by atoms with Gasteiger partial charge in [0.15, 0.2) is 0 Å². The second-order valence-corrected chi connectivity index (χ2v) is 5.53. The van der Waals surface area contributed by atoms with Crippen LogP contribution in [0.25, 0.3) is 0 Å². The third-order valence-corrected chi connectivity index (χ3v) is 3.37. The van der Waals surface area contributed by atoms with Gasteiger partial charge in [-0.15, -0.1) is 0 Å². The first-order chi connectivity index (χ1) is 7.96. The van der Waals surface area contributed by atoms with Crippen LogP contribution in [-0.2, 0) is 0 Å². The van der Waals surface area contributed by atoms with Gasteiger partial charge in [-0.05, 0) is 24.3 Å². The maximum Gasteiger partial charge on any atom is 0.120 e. The molecule has 0 aromatic heterocycles. The van der Waals surface area contributed by atoms with Gasteiger partial charge in [-0.2, -0.15) is 0 Å². The Morgan fingerprint density at radius 2 is 1.89 bits per heavy atom. The van der Waals surface area contributed by atoms with Crippen LogP contribution in [0.1, 0.15) is 0 Å². The Labute approximate surface area is 115 Å². The first-order valence-electron chi connectivity index (χ1n) is 6.07. The fourth-order valence-corrected chi connectivity index (χ4v) is 2.38. The lowest BCUT2D eigenvalue weighted by Gasteiger charge is -2.28. The molecular weight excluding hydrogens is 250 g/mol. The highest BCUT2D eigenvalue weighted by Crippen LogP contribution is 2.19. The average molecular weight is 272 g/mol. The molecule has 0 spiro atoms. The highest BCUT2D eigenvalue weighted by Gasteiger charge is 2.27. The summed E-state index contributed by atoms with van der Waals surface area (Å²) in [5.41, 5.74) is 7.60. The number of aliphatic hydroxyl groups excluding tert-OH is 1. The molecule has 1 unspecified atom stereocenters. The number of halogens is 1. The summed E-state index contributed by atoms with van der Waals surface area (Å²) in [5, 5.41) is 10.0. The molecule has 1 heterocycles. The van der Waals surface area contributed by atoms with Crippen molar-refractivity contribution in [2.75, 3.05) is 50.9 Å². The minimum atomic E-state index is -0.273. The van der Waals surface area contributed by atoms with Gasteiger partial charge in [0.05, 0.1) is 27.2 Å². The van der Waals surface area contributed by atoms with Crippen molar-refractivity contribution in [1.29, 1.82) is 0 Å². The number of anilines is 2. The first kappa shape index (κ1) is 15.1. The van der Waals surface area contributed by atoms with Crippen LogP contribution in [0.15, 0.2) is 24.3 Å². The van der Waals surface area contributed by atoms with Crippen LogP contribution in [0.5, 0.6) is 0 Å². The van der Waals surface area contributed by atoms with Gasteiger partial charge in [0.2, 0.25) is 0 Å². The summed E-state index contributed by atoms with van der Waals surface area (Å²) >= 11 is 0. The molecule has 4 nitrogen and oxygen atoms in total. The van der Waals surface area contributed by atoms with Crippen molar-refractivity contribution < 1.29 is 22.0 Å². The summed E-state index contributed by atoms with van der Waals surface area (Å²) < 4.78 is 0.868. The highest BCUT2D eigenvalue weighted by atomic mass is 35.5. The largest absolute Gasteiger partial charge is 1.00 e. The van der Waals surface area contributed by atoms with Crippen LogP contribution in [0, 0.1) is 0 Å². The maximum atomic E-state index is 10.0. The predicted molar refractivity (Wildman–Crippen MR) is 70.9 cm³/mol. The molecule has 1 aliphatic heterocycles. The topological polar surface area (TPSA) is 49.5 Å². The van der Waals surface area contributed by atoms with E-state index in [1.807, 2.05) is 24.3 Å². The van der Waals surface area contributed by atoms with E-state index < -0.39 is 0 Å². The number of rotatable bonds is 1. The lowest BCUT2D eigenvalue weighted by molar-refractivity contribution is -0.890. The second-order valence-electron chi connectivity index (χ2n) is 5.53. The molecular formula is C13H22ClN3O. The van der Waals surface area contributed by atoms with Gasteiger partial charge in [0.25, 0.3) is 0 Å². The number of nitrogen functional groups attached to an aromatic ring is 1. The Balaban J connectivity index is 0.00000162. The number of nitrogens with zero attached hydrogens (tertiary/aromatic N) is 2. The van der Waals surface area contributed by atoms with E-state index in [9.17, 15) is 5.11 Å². The Bertz CT molecular complexity index is 380. The van der Waals surface area contributed by atoms with E-state index in [1.165, 1.54) is 0 Å². The molecule has 0 saturated carbocycles. The first-order valence-corrected chi connectivity index (χ1v) is 6.07. The molecule has 0 bridgehead atoms. The molecule has 2 rings (SSSR count). The molecule has 5 heteroatoms. The van der Waals surface area contributed by atoms with E-state index in [0.29, 0.717) is 6.54 Å². The van der Waals surface area contributed by atoms with Crippen LogP contribution in [0.3, 0.4) is 0 Å². The van der Waals surface area contributed by atoms with Crippen LogP contribution in [0.4, 0.5) is 11.4 Å². The minimum Gasteiger partial charge on any atom is -1.00 e. The monoisotopic (exact) mass is 271 g/mol. The summed E-state index contributed by atoms with van der Waals surface area (Å²) in [5.74, 6) is 0. The van der Waals surface area contributed by atoms with E-state index in [1.54, 1.807) is 0 Å². The zero-order valence-electron chi connectivity index (χ0n) is 11.0. The van der Waals surface area contributed by atoms with Gasteiger partial charge in [0, 0.05) is 17.9 Å². The smallest absolute Gasteiger partial charge is 0.120 e. The SMILES string of the molecule is C[N+]1(C)CCN(c2ccc(N)cc2)CC(O)C1.[Cl-]. The van der Waals surface area contributed by atoms with Crippen molar-refractivity contribution >= 4 is 11.4 Å². The molecule has 1 aliphatic rings. The van der Waals surface area contributed by atoms with Crippen LogP contribution in [0.2, 0.25) is 0 Å². The van der Waals surface area contributed by atoms with E-state index in [2.05, 4.69) is 19.0 Å². The Morgan fingerprint density at radius 1 is 1.28 bits per heavy atom. The summed E-state index contributed by atoms with van der Waals surface area (Å²) in [4.78, 5) is 2.23. The Hall–Kier alpha value is -0.970. The van der Waals surface area contributed by atoms with Crippen LogP contribution in [-0.4, -0.2) is 56.0 Å². The minimum absolute atomic E-state index is 0. The van der Waals surface area contributed by atoms with Gasteiger partial charge in [0.1, 0.15) is 12.6 Å². The van der Waals surface area contributed by atoms with Gasteiger partial charge in [-0.3, -0.25) is 0 Å². The summed E-state index contributed by atoms with van der Waals surface area (Å²) in [7, 11) is 4.32. The number of quaternary nitrogens is 1. The number of β-amino-alcohol motifs (C(OH)–C–C–N with tert-alkyl or cyclic N) is 1. The zero-order chi connectivity index (χ0) is 12.5. The van der Waals surface area contributed by atoms with Gasteiger partial charge in [-0.25, -0.2) is 0 Å². The standard InChI is InChI=1S/C13H22N3O.ClH/c1-16(2)8-7-15(9-13(17)10-16)12-5-3-11(14)4-6-12;/h3-6,13,17H,7-10,14H2,1-2H3;1H/q+1;/p-1. The third-order valence-electron chi connectivity index (χ3n) is 3.37. The Morgan fingerprint density at radius 3 is 2.50 bits per heavy atom. The van der Waals surface area contributed by atoms with E-state index in [-0.39, 0.29) is 18.5 Å². The van der Waals surface area contributed by atoms with E-state index in [0.717, 1.165) is 35.5 Å². The summed E-state index contributed by atoms with van der Waals surface area (Å²) in [6.45, 7) is 3.52. The van der Waals surface area contributed by atoms with Gasteiger partial charge < -0.3 is 32.6 Å². The fourth-order valence-electron chi connectivity index (χ4n) is 2.38. The van der Waals surface area contributed by atoms with Crippen molar-refractivity contribution in [2.45, 2.75) is 6.10 Å². The molecule has 0 aliphatic carbocycles. The molecule has 1 saturated heterocycles. The summed E-state index contributed by atoms with van der Waals surface area (Å²) in [6.07, 6.45) is -0.273. The number of likely N-dealkylation sites (N-methyl/N-ethyl adjacent to an activating group) is 1. The molecule has 1 fully saturated rings. The van der Waals surface area contributed by atoms with E-state index >= 15 is 0 Å². The predicted octanol–water partition coefficient (Wildman–Crippen LogP) is -2.47. The lowest BCUT2D eigenvalue weighted by Crippen LogP contribution is -3.00. The van der Waals surface area contributed by atoms with Crippen LogP contribution < -0.4 is 23.0 Å². The van der Waals surface area contributed by atoms with Gasteiger partial charge in [-0.1, -0.05) is 0 Å². The van der Waals surface area contributed by atoms with Crippen molar-refractivity contribution in [1.82, 2.24) is 0 Å². The number of hydrogen-bond donors (Lipinski definition) is 2. The number of nitrogens with two attached hydrogens (primary N) is 1. The fraction of sp³-hybridized carbons (Fsp3) is 0.538. The Kier molecular flexibility index (Phi) is 4.85. The van der Waals surface area contributed by atoms with Gasteiger partial charge >= 0.3 is 0 Å². The van der Waals surface area contributed by atoms with Crippen molar-refractivity contribution in [2.24, 2.45) is 0 Å². The van der Waals surface area contributed by atoms with E-state index in [4.69, 9.17) is 5.73 Å². The molecule has 102 valence electrons. The lowest BCUT2D eigenvalue weighted by atomic mass is 10.2. The number of hydrogen-bond acceptors (Lipinski definition) is 3. The molecule has 18 heavy (non-hydrogen) atoms.